The summed E-state index contributed by atoms with van der Waals surface area (Å²) in [5.74, 6) is 0.287. The van der Waals surface area contributed by atoms with Crippen molar-refractivity contribution in [2.24, 2.45) is 0 Å². The van der Waals surface area contributed by atoms with E-state index in [4.69, 9.17) is 9.76 Å². The van der Waals surface area contributed by atoms with E-state index < -0.39 is 7.12 Å². The molecule has 5 heteroatoms. The summed E-state index contributed by atoms with van der Waals surface area (Å²) in [6, 6.07) is 3.72. The van der Waals surface area contributed by atoms with Crippen molar-refractivity contribution in [2.45, 2.75) is 26.4 Å². The van der Waals surface area contributed by atoms with Gasteiger partial charge in [0.2, 0.25) is 0 Å². The lowest BCUT2D eigenvalue weighted by Gasteiger charge is -2.26. The van der Waals surface area contributed by atoms with Crippen LogP contribution in [0.3, 0.4) is 0 Å². The monoisotopic (exact) mass is 274 g/mol. The van der Waals surface area contributed by atoms with Crippen LogP contribution in [-0.2, 0) is 4.65 Å². The number of benzene rings is 1. The Balaban J connectivity index is 2.25. The van der Waals surface area contributed by atoms with E-state index in [1.54, 1.807) is 0 Å². The van der Waals surface area contributed by atoms with Gasteiger partial charge in [0.1, 0.15) is 5.75 Å². The highest BCUT2D eigenvalue weighted by molar-refractivity contribution is 6.54. The highest BCUT2D eigenvalue weighted by Gasteiger charge is 2.30. The first-order valence-electron chi connectivity index (χ1n) is 6.56. The lowest BCUT2D eigenvalue weighted by Crippen LogP contribution is -2.29. The van der Waals surface area contributed by atoms with Gasteiger partial charge in [0.15, 0.2) is 0 Å². The average molecular weight is 274 g/mol. The Morgan fingerprint density at radius 3 is 2.50 bits per heavy atom. The fourth-order valence-corrected chi connectivity index (χ4v) is 2.42. The van der Waals surface area contributed by atoms with Crippen LogP contribution in [0.4, 0.5) is 0 Å². The Hall–Kier alpha value is -1.56. The number of aliphatic hydroxyl groups is 1. The van der Waals surface area contributed by atoms with Crippen LogP contribution in [0.2, 0.25) is 0 Å². The average Bonchev–Trinajstić information content (AvgIpc) is 2.43. The molecule has 106 valence electrons. The number of hydrogen-bond donors (Lipinski definition) is 3. The first-order valence-corrected chi connectivity index (χ1v) is 6.56. The molecule has 0 amide bonds. The van der Waals surface area contributed by atoms with Crippen molar-refractivity contribution >= 4 is 7.12 Å². The van der Waals surface area contributed by atoms with Crippen molar-refractivity contribution in [2.75, 3.05) is 6.61 Å². The largest absolute Gasteiger partial charge is 0.507 e. The van der Waals surface area contributed by atoms with Gasteiger partial charge in [-0.15, -0.1) is 0 Å². The van der Waals surface area contributed by atoms with Gasteiger partial charge in [0.05, 0.1) is 12.7 Å². The summed E-state index contributed by atoms with van der Waals surface area (Å²) in [4.78, 5) is 0. The highest BCUT2D eigenvalue weighted by atomic mass is 16.5. The van der Waals surface area contributed by atoms with Crippen molar-refractivity contribution in [3.63, 3.8) is 0 Å². The van der Waals surface area contributed by atoms with Gasteiger partial charge in [0.25, 0.3) is 0 Å². The van der Waals surface area contributed by atoms with E-state index in [0.717, 1.165) is 16.7 Å². The molecule has 0 aromatic heterocycles. The maximum atomic E-state index is 9.98. The molecule has 20 heavy (non-hydrogen) atoms. The molecule has 2 rings (SSSR count). The van der Waals surface area contributed by atoms with Gasteiger partial charge in [-0.2, -0.15) is 0 Å². The third-order valence-electron chi connectivity index (χ3n) is 3.60. The first-order chi connectivity index (χ1) is 9.43. The highest BCUT2D eigenvalue weighted by Crippen LogP contribution is 2.33. The Morgan fingerprint density at radius 2 is 2.00 bits per heavy atom. The minimum atomic E-state index is -1.08. The molecule has 1 heterocycles. The molecule has 1 aliphatic heterocycles. The maximum absolute atomic E-state index is 9.98. The van der Waals surface area contributed by atoms with Gasteiger partial charge >= 0.3 is 7.12 Å². The van der Waals surface area contributed by atoms with Crippen LogP contribution in [0.1, 0.15) is 29.2 Å². The number of aryl methyl sites for hydroxylation is 2. The molecule has 3 N–H and O–H groups in total. The number of rotatable bonds is 3. The first kappa shape index (κ1) is 14.8. The Bertz CT molecular complexity index is 542. The molecule has 0 radical (unpaired) electrons. The molecule has 0 saturated carbocycles. The third kappa shape index (κ3) is 2.80. The van der Waals surface area contributed by atoms with Gasteiger partial charge in [-0.05, 0) is 60.1 Å². The molecule has 0 saturated heterocycles. The third-order valence-corrected chi connectivity index (χ3v) is 3.60. The Morgan fingerprint density at radius 1 is 1.40 bits per heavy atom. The molecule has 1 aromatic carbocycles. The van der Waals surface area contributed by atoms with Gasteiger partial charge < -0.3 is 19.9 Å². The van der Waals surface area contributed by atoms with Crippen molar-refractivity contribution in [3.8, 4) is 5.75 Å². The van der Waals surface area contributed by atoms with Crippen molar-refractivity contribution in [3.05, 3.63) is 52.5 Å². The second-order valence-corrected chi connectivity index (χ2v) is 5.14. The van der Waals surface area contributed by atoms with Gasteiger partial charge in [-0.3, -0.25) is 0 Å². The summed E-state index contributed by atoms with van der Waals surface area (Å²) in [7, 11) is -1.08. The lowest BCUT2D eigenvalue weighted by atomic mass is 9.71. The van der Waals surface area contributed by atoms with Gasteiger partial charge in [-0.25, -0.2) is 0 Å². The molecule has 0 bridgehead atoms. The zero-order chi connectivity index (χ0) is 14.9. The molecule has 1 unspecified atom stereocenters. The number of phenols is 1. The number of hydrogen-bond acceptors (Lipinski definition) is 4. The fraction of sp³-hybridized carbons (Fsp3) is 0.333. The molecule has 4 nitrogen and oxygen atoms in total. The quantitative estimate of drug-likeness (QED) is 0.737. The van der Waals surface area contributed by atoms with E-state index >= 15 is 0 Å². The van der Waals surface area contributed by atoms with Gasteiger partial charge in [0, 0.05) is 0 Å². The molecule has 0 aliphatic carbocycles. The second kappa shape index (κ2) is 5.83. The zero-order valence-electron chi connectivity index (χ0n) is 11.8. The van der Waals surface area contributed by atoms with Crippen LogP contribution in [-0.4, -0.2) is 29.0 Å². The van der Waals surface area contributed by atoms with Gasteiger partial charge in [-0.1, -0.05) is 12.7 Å². The summed E-state index contributed by atoms with van der Waals surface area (Å²) >= 11 is 0. The van der Waals surface area contributed by atoms with E-state index in [2.05, 4.69) is 6.58 Å². The fourth-order valence-electron chi connectivity index (χ4n) is 2.42. The second-order valence-electron chi connectivity index (χ2n) is 5.14. The van der Waals surface area contributed by atoms with E-state index in [0.29, 0.717) is 17.5 Å². The molecular weight excluding hydrogens is 255 g/mol. The summed E-state index contributed by atoms with van der Waals surface area (Å²) in [5, 5.41) is 28.8. The summed E-state index contributed by atoms with van der Waals surface area (Å²) in [6.07, 6.45) is 2.17. The summed E-state index contributed by atoms with van der Waals surface area (Å²) < 4.78 is 5.59. The van der Waals surface area contributed by atoms with E-state index in [-0.39, 0.29) is 18.5 Å². The summed E-state index contributed by atoms with van der Waals surface area (Å²) in [6.45, 7) is 7.16. The Labute approximate surface area is 119 Å². The van der Waals surface area contributed by atoms with Crippen LogP contribution in [0.25, 0.3) is 0 Å². The summed E-state index contributed by atoms with van der Waals surface area (Å²) in [5.41, 5.74) is 3.49. The van der Waals surface area contributed by atoms with Crippen molar-refractivity contribution in [1.29, 1.82) is 0 Å². The Kier molecular flexibility index (Phi) is 4.33. The van der Waals surface area contributed by atoms with E-state index in [9.17, 15) is 10.1 Å². The number of phenolic OH excluding ortho intramolecular Hbond substituents is 1. The minimum Gasteiger partial charge on any atom is -0.507 e. The van der Waals surface area contributed by atoms with Crippen LogP contribution < -0.4 is 0 Å². The smallest absolute Gasteiger partial charge is 0.491 e. The van der Waals surface area contributed by atoms with Crippen LogP contribution in [0.15, 0.2) is 35.8 Å². The maximum Gasteiger partial charge on any atom is 0.491 e. The molecule has 1 aliphatic rings. The van der Waals surface area contributed by atoms with Crippen molar-refractivity contribution in [1.82, 2.24) is 0 Å². The molecular formula is C15H19BO4. The zero-order valence-corrected chi connectivity index (χ0v) is 11.8. The van der Waals surface area contributed by atoms with Crippen LogP contribution in [0, 0.1) is 13.8 Å². The predicted molar refractivity (Wildman–Crippen MR) is 78.3 cm³/mol. The van der Waals surface area contributed by atoms with E-state index in [1.165, 1.54) is 0 Å². The van der Waals surface area contributed by atoms with Crippen LogP contribution in [0.5, 0.6) is 5.75 Å². The topological polar surface area (TPSA) is 69.9 Å². The number of aliphatic hydroxyl groups excluding tert-OH is 1. The molecule has 1 aromatic rings. The lowest BCUT2D eigenvalue weighted by molar-refractivity contribution is 0.167. The molecule has 1 atom stereocenters. The minimum absolute atomic E-state index is 0.200. The predicted octanol–water partition coefficient (Wildman–Crippen LogP) is 1.97. The SMILES string of the molecule is C=C(CO)C1=CCC(c2cc(C)c(O)c(C)c2)OB1O. The van der Waals surface area contributed by atoms with E-state index in [1.807, 2.05) is 32.1 Å². The standard InChI is InChI=1S/C15H19BO4/c1-9-6-12(7-10(2)15(9)18)14-5-4-13(11(3)8-17)16(19)20-14/h4,6-7,14,17-19H,3,5,8H2,1-2H3. The van der Waals surface area contributed by atoms with Crippen molar-refractivity contribution < 1.29 is 19.9 Å². The molecule has 0 fully saturated rings. The molecule has 0 spiro atoms. The normalized spacial score (nSPS) is 18.9. The van der Waals surface area contributed by atoms with Crippen LogP contribution >= 0.6 is 0 Å². The number of aromatic hydroxyl groups is 1.